The maximum Gasteiger partial charge on any atom is 0.341 e. The number of anilines is 2. The van der Waals surface area contributed by atoms with Gasteiger partial charge in [0.15, 0.2) is 0 Å². The molecule has 0 saturated heterocycles. The summed E-state index contributed by atoms with van der Waals surface area (Å²) in [5, 5.41) is 15.5. The number of carboxylic acid groups (broad SMARTS) is 1. The van der Waals surface area contributed by atoms with E-state index in [2.05, 4.69) is 10.6 Å². The van der Waals surface area contributed by atoms with E-state index in [0.717, 1.165) is 53.9 Å². The Balaban J connectivity index is 1.42. The van der Waals surface area contributed by atoms with Gasteiger partial charge in [0.05, 0.1) is 29.6 Å². The largest absolute Gasteiger partial charge is 0.478 e. The van der Waals surface area contributed by atoms with Gasteiger partial charge >= 0.3 is 11.9 Å². The maximum absolute atomic E-state index is 12.8. The van der Waals surface area contributed by atoms with E-state index >= 15 is 0 Å². The lowest BCUT2D eigenvalue weighted by molar-refractivity contribution is -0.113. The van der Waals surface area contributed by atoms with E-state index in [1.807, 2.05) is 6.07 Å². The molecule has 0 aliphatic heterocycles. The van der Waals surface area contributed by atoms with Crippen molar-refractivity contribution in [1.82, 2.24) is 0 Å². The highest BCUT2D eigenvalue weighted by Gasteiger charge is 2.26. The third-order valence-corrected chi connectivity index (χ3v) is 8.38. The van der Waals surface area contributed by atoms with Crippen LogP contribution in [0.3, 0.4) is 0 Å². The van der Waals surface area contributed by atoms with Crippen LogP contribution in [0.15, 0.2) is 53.4 Å². The average Bonchev–Trinajstić information content (AvgIpc) is 3.22. The lowest BCUT2D eigenvalue weighted by Gasteiger charge is -2.11. The van der Waals surface area contributed by atoms with Crippen LogP contribution in [-0.2, 0) is 22.4 Å². The van der Waals surface area contributed by atoms with Crippen molar-refractivity contribution < 1.29 is 29.0 Å². The molecule has 3 aromatic rings. The van der Waals surface area contributed by atoms with Crippen molar-refractivity contribution in [3.8, 4) is 0 Å². The second-order valence-corrected chi connectivity index (χ2v) is 10.9. The number of carbonyl (C=O) groups excluding carboxylic acids is 3. The fraction of sp³-hybridized carbons (Fsp3) is 0.286. The third-order valence-electron chi connectivity index (χ3n) is 6.18. The molecule has 198 valence electrons. The van der Waals surface area contributed by atoms with Crippen molar-refractivity contribution in [2.45, 2.75) is 43.4 Å². The normalized spacial score (nSPS) is 13.0. The molecule has 0 saturated carbocycles. The van der Waals surface area contributed by atoms with E-state index in [4.69, 9.17) is 4.74 Å². The minimum absolute atomic E-state index is 0.0592. The highest BCUT2D eigenvalue weighted by atomic mass is 32.2. The van der Waals surface area contributed by atoms with Crippen LogP contribution in [0.5, 0.6) is 0 Å². The number of aryl methyl sites for hydroxylation is 1. The van der Waals surface area contributed by atoms with Gasteiger partial charge in [-0.15, -0.1) is 23.1 Å². The van der Waals surface area contributed by atoms with Crippen LogP contribution in [0.4, 0.5) is 10.7 Å². The second-order valence-electron chi connectivity index (χ2n) is 8.78. The number of rotatable bonds is 8. The number of methoxy groups -OCH3 is 1. The molecule has 3 N–H and O–H groups in total. The molecule has 2 amide bonds. The summed E-state index contributed by atoms with van der Waals surface area (Å²) in [4.78, 5) is 51.4. The Morgan fingerprint density at radius 2 is 1.68 bits per heavy atom. The smallest absolute Gasteiger partial charge is 0.341 e. The zero-order valence-electron chi connectivity index (χ0n) is 20.9. The van der Waals surface area contributed by atoms with Crippen LogP contribution >= 0.6 is 23.1 Å². The van der Waals surface area contributed by atoms with Crippen LogP contribution in [0.1, 0.15) is 67.2 Å². The topological polar surface area (TPSA) is 122 Å². The number of benzene rings is 2. The standard InChI is InChI=1S/C28H28N2O6S2/c1-36-28(35)24-21-13-4-2-3-5-14-22(21)38-26(24)30-23(31)16-37-18-10-8-9-17(15-18)29-25(32)19-11-6-7-12-20(19)27(33)34/h6-12,15H,2-5,13-14,16H2,1H3,(H,29,32)(H,30,31)(H,33,34). The molecule has 10 heteroatoms. The molecular formula is C28H28N2O6S2. The van der Waals surface area contributed by atoms with E-state index in [1.54, 1.807) is 30.3 Å². The Kier molecular flexibility index (Phi) is 9.19. The maximum atomic E-state index is 12.8. The van der Waals surface area contributed by atoms with Gasteiger partial charge in [-0.25, -0.2) is 9.59 Å². The fourth-order valence-corrected chi connectivity index (χ4v) is 6.42. The SMILES string of the molecule is COC(=O)c1c(NC(=O)CSc2cccc(NC(=O)c3ccccc3C(=O)O)c2)sc2c1CCCCCC2. The summed E-state index contributed by atoms with van der Waals surface area (Å²) in [5.41, 5.74) is 1.92. The summed E-state index contributed by atoms with van der Waals surface area (Å²) < 4.78 is 5.03. The number of nitrogens with one attached hydrogen (secondary N) is 2. The predicted octanol–water partition coefficient (Wildman–Crippen LogP) is 5.88. The van der Waals surface area contributed by atoms with Crippen molar-refractivity contribution in [3.05, 3.63) is 75.7 Å². The summed E-state index contributed by atoms with van der Waals surface area (Å²) in [6.07, 6.45) is 6.05. The molecule has 1 aliphatic carbocycles. The Bertz CT molecular complexity index is 1370. The number of hydrogen-bond acceptors (Lipinski definition) is 7. The molecular weight excluding hydrogens is 524 g/mol. The van der Waals surface area contributed by atoms with Crippen LogP contribution < -0.4 is 10.6 Å². The van der Waals surface area contributed by atoms with Crippen molar-refractivity contribution in [3.63, 3.8) is 0 Å². The lowest BCUT2D eigenvalue weighted by Crippen LogP contribution is -2.17. The zero-order valence-corrected chi connectivity index (χ0v) is 22.5. The molecule has 2 aromatic carbocycles. The van der Waals surface area contributed by atoms with E-state index in [-0.39, 0.29) is 22.8 Å². The van der Waals surface area contributed by atoms with Crippen LogP contribution in [0.2, 0.25) is 0 Å². The molecule has 0 spiro atoms. The van der Waals surface area contributed by atoms with E-state index in [1.165, 1.54) is 42.3 Å². The Morgan fingerprint density at radius 3 is 2.42 bits per heavy atom. The number of thiophene rings is 1. The van der Waals surface area contributed by atoms with E-state index < -0.39 is 17.8 Å². The van der Waals surface area contributed by atoms with Crippen LogP contribution in [0.25, 0.3) is 0 Å². The fourth-order valence-electron chi connectivity index (χ4n) is 4.37. The second kappa shape index (κ2) is 12.7. The Labute approximate surface area is 228 Å². The number of hydrogen-bond donors (Lipinski definition) is 3. The number of esters is 1. The first-order chi connectivity index (χ1) is 18.4. The van der Waals surface area contributed by atoms with Crippen LogP contribution in [-0.4, -0.2) is 41.7 Å². The van der Waals surface area contributed by atoms with Crippen molar-refractivity contribution >= 4 is 57.5 Å². The number of thioether (sulfide) groups is 1. The summed E-state index contributed by atoms with van der Waals surface area (Å²) in [5.74, 6) is -2.30. The average molecular weight is 553 g/mol. The number of aromatic carboxylic acids is 1. The summed E-state index contributed by atoms with van der Waals surface area (Å²) in [6.45, 7) is 0. The molecule has 0 atom stereocenters. The molecule has 1 heterocycles. The molecule has 0 unspecified atom stereocenters. The van der Waals surface area contributed by atoms with Crippen molar-refractivity contribution in [2.75, 3.05) is 23.5 Å². The molecule has 0 radical (unpaired) electrons. The number of amides is 2. The van der Waals surface area contributed by atoms with Gasteiger partial charge in [-0.2, -0.15) is 0 Å². The third kappa shape index (κ3) is 6.62. The van der Waals surface area contributed by atoms with Gasteiger partial charge in [-0.3, -0.25) is 9.59 Å². The minimum atomic E-state index is -1.18. The molecule has 1 aromatic heterocycles. The van der Waals surface area contributed by atoms with Gasteiger partial charge in [-0.1, -0.05) is 31.0 Å². The first kappa shape index (κ1) is 27.4. The molecule has 1 aliphatic rings. The lowest BCUT2D eigenvalue weighted by atomic mass is 9.96. The quantitative estimate of drug-likeness (QED) is 0.236. The monoisotopic (exact) mass is 552 g/mol. The first-order valence-corrected chi connectivity index (χ1v) is 14.1. The minimum Gasteiger partial charge on any atom is -0.478 e. The first-order valence-electron chi connectivity index (χ1n) is 12.3. The van der Waals surface area contributed by atoms with Gasteiger partial charge in [0, 0.05) is 15.5 Å². The Hall–Kier alpha value is -3.63. The van der Waals surface area contributed by atoms with Gasteiger partial charge in [-0.05, 0) is 61.6 Å². The number of fused-ring (bicyclic) bond motifs is 1. The highest BCUT2D eigenvalue weighted by Crippen LogP contribution is 2.37. The zero-order chi connectivity index (χ0) is 27.1. The van der Waals surface area contributed by atoms with Crippen molar-refractivity contribution in [2.24, 2.45) is 0 Å². The highest BCUT2D eigenvalue weighted by molar-refractivity contribution is 8.00. The number of carbonyl (C=O) groups is 4. The van der Waals surface area contributed by atoms with Gasteiger partial charge < -0.3 is 20.5 Å². The summed E-state index contributed by atoms with van der Waals surface area (Å²) >= 11 is 2.74. The molecule has 8 nitrogen and oxygen atoms in total. The van der Waals surface area contributed by atoms with Gasteiger partial charge in [0.2, 0.25) is 5.91 Å². The Morgan fingerprint density at radius 1 is 0.947 bits per heavy atom. The van der Waals surface area contributed by atoms with Gasteiger partial charge in [0.1, 0.15) is 5.00 Å². The summed E-state index contributed by atoms with van der Waals surface area (Å²) in [6, 6.07) is 13.0. The molecule has 38 heavy (non-hydrogen) atoms. The van der Waals surface area contributed by atoms with Crippen LogP contribution in [0, 0.1) is 0 Å². The van der Waals surface area contributed by atoms with Crippen molar-refractivity contribution in [1.29, 1.82) is 0 Å². The predicted molar refractivity (Wildman–Crippen MR) is 149 cm³/mol. The van der Waals surface area contributed by atoms with E-state index in [9.17, 15) is 24.3 Å². The summed E-state index contributed by atoms with van der Waals surface area (Å²) in [7, 11) is 1.35. The molecule has 4 rings (SSSR count). The number of ether oxygens (including phenoxy) is 1. The molecule has 0 fully saturated rings. The number of carboxylic acids is 1. The van der Waals surface area contributed by atoms with Gasteiger partial charge in [0.25, 0.3) is 5.91 Å². The molecule has 0 bridgehead atoms. The van der Waals surface area contributed by atoms with E-state index in [0.29, 0.717) is 16.3 Å².